The first-order valence-electron chi connectivity index (χ1n) is 12.9. The second-order valence-corrected chi connectivity index (χ2v) is 10.0. The average molecular weight is 508 g/mol. The highest BCUT2D eigenvalue weighted by Gasteiger charge is 2.36. The topological polar surface area (TPSA) is 75.3 Å². The molecule has 2 atom stereocenters. The van der Waals surface area contributed by atoms with Crippen LogP contribution in [0.15, 0.2) is 60.7 Å². The van der Waals surface area contributed by atoms with E-state index in [1.807, 2.05) is 24.3 Å². The van der Waals surface area contributed by atoms with Crippen LogP contribution < -0.4 is 10.1 Å². The van der Waals surface area contributed by atoms with Crippen molar-refractivity contribution < 1.29 is 13.9 Å². The Hall–Kier alpha value is -4.19. The predicted molar refractivity (Wildman–Crippen MR) is 143 cm³/mol. The quantitative estimate of drug-likeness (QED) is 0.304. The van der Waals surface area contributed by atoms with Gasteiger partial charge in [0.1, 0.15) is 18.2 Å². The Labute approximate surface area is 219 Å². The maximum absolute atomic E-state index is 14.1. The summed E-state index contributed by atoms with van der Waals surface area (Å²) in [5.74, 6) is 0.764. The molecule has 7 nitrogen and oxygen atoms in total. The zero-order valence-electron chi connectivity index (χ0n) is 20.7. The number of nitrogens with zero attached hydrogens (tertiary/aromatic N) is 4. The van der Waals surface area contributed by atoms with Crippen LogP contribution in [0.1, 0.15) is 34.7 Å². The summed E-state index contributed by atoms with van der Waals surface area (Å²) < 4.78 is 27.9. The van der Waals surface area contributed by atoms with Crippen molar-refractivity contribution >= 4 is 28.6 Å². The molecule has 0 amide bonds. The number of hydrogen-bond acceptors (Lipinski definition) is 6. The van der Waals surface area contributed by atoms with E-state index in [0.29, 0.717) is 24.3 Å². The van der Waals surface area contributed by atoms with Crippen molar-refractivity contribution in [3.63, 3.8) is 0 Å². The fraction of sp³-hybridized carbons (Fsp3) is 0.267. The number of halogens is 1. The Balaban J connectivity index is 1.33. The highest BCUT2D eigenvalue weighted by atomic mass is 19.1. The second kappa shape index (κ2) is 9.28. The number of ether oxygens (including phenoxy) is 2. The summed E-state index contributed by atoms with van der Waals surface area (Å²) in [5, 5.41) is 12.2. The summed E-state index contributed by atoms with van der Waals surface area (Å²) in [6, 6.07) is 19.6. The molecule has 38 heavy (non-hydrogen) atoms. The summed E-state index contributed by atoms with van der Waals surface area (Å²) in [6.07, 6.45) is 5.12. The number of rotatable bonds is 3. The zero-order chi connectivity index (χ0) is 25.6. The Kier molecular flexibility index (Phi) is 5.61. The molecule has 0 aliphatic carbocycles. The molecule has 7 rings (SSSR count). The third-order valence-electron chi connectivity index (χ3n) is 7.82. The van der Waals surface area contributed by atoms with E-state index in [1.54, 1.807) is 6.07 Å². The molecular formula is C30H26FN5O2. The van der Waals surface area contributed by atoms with Gasteiger partial charge in [0.15, 0.2) is 6.19 Å². The van der Waals surface area contributed by atoms with Crippen molar-refractivity contribution in [1.82, 2.24) is 14.5 Å². The lowest BCUT2D eigenvalue weighted by Gasteiger charge is -2.28. The van der Waals surface area contributed by atoms with Crippen molar-refractivity contribution in [2.24, 2.45) is 0 Å². The van der Waals surface area contributed by atoms with E-state index < -0.39 is 0 Å². The zero-order valence-corrected chi connectivity index (χ0v) is 20.7. The molecule has 0 saturated carbocycles. The number of morpholine rings is 1. The minimum atomic E-state index is -0.326. The third kappa shape index (κ3) is 3.92. The number of imidazole rings is 1. The molecular weight excluding hydrogens is 481 g/mol. The maximum atomic E-state index is 14.1. The van der Waals surface area contributed by atoms with Crippen LogP contribution in [0.4, 0.5) is 10.3 Å². The van der Waals surface area contributed by atoms with Crippen LogP contribution in [0.25, 0.3) is 22.7 Å². The highest BCUT2D eigenvalue weighted by Crippen LogP contribution is 2.39. The van der Waals surface area contributed by atoms with Crippen LogP contribution in [0.3, 0.4) is 0 Å². The van der Waals surface area contributed by atoms with Crippen molar-refractivity contribution in [2.75, 3.05) is 31.6 Å². The molecule has 2 fully saturated rings. The smallest absolute Gasteiger partial charge is 0.217 e. The van der Waals surface area contributed by atoms with Crippen LogP contribution in [0.5, 0.6) is 5.75 Å². The van der Waals surface area contributed by atoms with Gasteiger partial charge in [0, 0.05) is 30.8 Å². The van der Waals surface area contributed by atoms with Crippen LogP contribution in [-0.2, 0) is 11.3 Å². The Bertz CT molecular complexity index is 1610. The minimum Gasteiger partial charge on any atom is -0.488 e. The summed E-state index contributed by atoms with van der Waals surface area (Å²) in [7, 11) is 0. The van der Waals surface area contributed by atoms with Gasteiger partial charge >= 0.3 is 0 Å². The van der Waals surface area contributed by atoms with E-state index in [9.17, 15) is 9.65 Å². The fourth-order valence-electron chi connectivity index (χ4n) is 6.08. The van der Waals surface area contributed by atoms with Gasteiger partial charge in [-0.1, -0.05) is 30.3 Å². The van der Waals surface area contributed by atoms with Gasteiger partial charge in [-0.3, -0.25) is 10.2 Å². The van der Waals surface area contributed by atoms with E-state index in [2.05, 4.69) is 45.3 Å². The number of anilines is 1. The first kappa shape index (κ1) is 23.0. The van der Waals surface area contributed by atoms with E-state index >= 15 is 0 Å². The van der Waals surface area contributed by atoms with E-state index in [4.69, 9.17) is 14.5 Å². The number of hydrogen-bond donors (Lipinski definition) is 1. The van der Waals surface area contributed by atoms with Crippen molar-refractivity contribution in [1.29, 1.82) is 5.26 Å². The van der Waals surface area contributed by atoms with E-state index in [1.165, 1.54) is 12.1 Å². The van der Waals surface area contributed by atoms with Crippen molar-refractivity contribution in [3.8, 4) is 11.9 Å². The van der Waals surface area contributed by atoms with Gasteiger partial charge in [0.2, 0.25) is 5.95 Å². The standard InChI is InChI=1S/C30H26FN5O2/c31-21-6-7-25-26(24-4-2-1-3-20(24)16-38-29(25)13-21)11-19-5-8-28-27(12-19)34-30(33-18-32)36(28)22-14-23-17-37-10-9-35(23)15-22/h1-8,11-13,22-23H,9-10,14-17H2,(H,33,34)/t22-,23+/m1/s1. The van der Waals surface area contributed by atoms with E-state index in [0.717, 1.165) is 71.6 Å². The maximum Gasteiger partial charge on any atom is 0.217 e. The lowest BCUT2D eigenvalue weighted by Crippen LogP contribution is -2.40. The number of aromatic nitrogens is 2. The summed E-state index contributed by atoms with van der Waals surface area (Å²) in [6.45, 7) is 3.73. The van der Waals surface area contributed by atoms with Crippen LogP contribution in [0.2, 0.25) is 0 Å². The molecule has 4 heterocycles. The number of nitriles is 1. The van der Waals surface area contributed by atoms with Gasteiger partial charge < -0.3 is 14.0 Å². The molecule has 0 bridgehead atoms. The summed E-state index contributed by atoms with van der Waals surface area (Å²) >= 11 is 0. The van der Waals surface area contributed by atoms with Crippen molar-refractivity contribution in [3.05, 3.63) is 88.7 Å². The molecule has 8 heteroatoms. The summed E-state index contributed by atoms with van der Waals surface area (Å²) in [4.78, 5) is 7.29. The Morgan fingerprint density at radius 3 is 2.89 bits per heavy atom. The molecule has 2 saturated heterocycles. The van der Waals surface area contributed by atoms with Crippen LogP contribution in [-0.4, -0.2) is 46.8 Å². The first-order chi connectivity index (χ1) is 18.7. The fourth-order valence-corrected chi connectivity index (χ4v) is 6.08. The Morgan fingerprint density at radius 2 is 2.00 bits per heavy atom. The second-order valence-electron chi connectivity index (χ2n) is 10.0. The van der Waals surface area contributed by atoms with Gasteiger partial charge in [-0.05, 0) is 59.0 Å². The lowest BCUT2D eigenvalue weighted by atomic mass is 9.92. The van der Waals surface area contributed by atoms with Gasteiger partial charge in [0.25, 0.3) is 0 Å². The number of nitrogens with one attached hydrogen (secondary N) is 1. The highest BCUT2D eigenvalue weighted by molar-refractivity contribution is 5.96. The van der Waals surface area contributed by atoms with Gasteiger partial charge in [-0.2, -0.15) is 5.26 Å². The molecule has 0 radical (unpaired) electrons. The van der Waals surface area contributed by atoms with Crippen LogP contribution >= 0.6 is 0 Å². The van der Waals surface area contributed by atoms with Gasteiger partial charge in [-0.25, -0.2) is 9.37 Å². The molecule has 0 spiro atoms. The first-order valence-corrected chi connectivity index (χ1v) is 12.9. The molecule has 4 aromatic rings. The monoisotopic (exact) mass is 507 g/mol. The normalized spacial score (nSPS) is 21.7. The summed E-state index contributed by atoms with van der Waals surface area (Å²) in [5.41, 5.74) is 6.68. The number of fused-ring (bicyclic) bond motifs is 4. The largest absolute Gasteiger partial charge is 0.488 e. The molecule has 3 aliphatic rings. The molecule has 1 N–H and O–H groups in total. The van der Waals surface area contributed by atoms with Crippen molar-refractivity contribution in [2.45, 2.75) is 25.1 Å². The third-order valence-corrected chi connectivity index (χ3v) is 7.82. The molecule has 3 aliphatic heterocycles. The molecule has 190 valence electrons. The predicted octanol–water partition coefficient (Wildman–Crippen LogP) is 5.20. The number of benzene rings is 3. The Morgan fingerprint density at radius 1 is 1.08 bits per heavy atom. The van der Waals surface area contributed by atoms with Gasteiger partial charge in [-0.15, -0.1) is 0 Å². The SMILES string of the molecule is N#CNc1nc2cc(C=C3c4ccccc4COc4cc(F)ccc43)ccc2n1[C@@H]1C[C@H]2COCCN2C1. The molecule has 1 aromatic heterocycles. The van der Waals surface area contributed by atoms with Crippen LogP contribution in [0, 0.1) is 17.3 Å². The average Bonchev–Trinajstić information content (AvgIpc) is 3.47. The van der Waals surface area contributed by atoms with Gasteiger partial charge in [0.05, 0.1) is 30.3 Å². The molecule has 0 unspecified atom stereocenters. The minimum absolute atomic E-state index is 0.208. The molecule has 3 aromatic carbocycles. The van der Waals surface area contributed by atoms with E-state index in [-0.39, 0.29) is 11.9 Å². The lowest BCUT2D eigenvalue weighted by molar-refractivity contribution is 0.0128.